The number of rotatable bonds is 10. The number of benzene rings is 2. The second-order valence-electron chi connectivity index (χ2n) is 5.92. The standard InChI is InChI=1S/C20H24BrN3O4/c1-2-27-16-6-8-17(9-7-16)28-11-10-23-19(25)13-18(24-20(22)26)14-4-3-5-15(21)12-14/h3-9,12,18H,2,10-11,13H2,1H3,(H,23,25)(H3,22,24,26). The van der Waals surface area contributed by atoms with Gasteiger partial charge in [-0.2, -0.15) is 0 Å². The number of hydrogen-bond acceptors (Lipinski definition) is 4. The Morgan fingerprint density at radius 2 is 1.79 bits per heavy atom. The molecule has 1 unspecified atom stereocenters. The fourth-order valence-corrected chi connectivity index (χ4v) is 2.98. The van der Waals surface area contributed by atoms with E-state index in [1.807, 2.05) is 55.5 Å². The number of urea groups is 1. The van der Waals surface area contributed by atoms with E-state index in [9.17, 15) is 9.59 Å². The van der Waals surface area contributed by atoms with Crippen LogP contribution < -0.4 is 25.8 Å². The average Bonchev–Trinajstić information content (AvgIpc) is 2.66. The lowest BCUT2D eigenvalue weighted by Gasteiger charge is -2.18. The second kappa shape index (κ2) is 11.2. The molecule has 8 heteroatoms. The van der Waals surface area contributed by atoms with Gasteiger partial charge in [0.25, 0.3) is 0 Å². The van der Waals surface area contributed by atoms with Gasteiger partial charge >= 0.3 is 6.03 Å². The Balaban J connectivity index is 1.79. The number of carbonyl (C=O) groups excluding carboxylic acids is 2. The Morgan fingerprint density at radius 1 is 1.11 bits per heavy atom. The van der Waals surface area contributed by atoms with Crippen molar-refractivity contribution in [3.63, 3.8) is 0 Å². The summed E-state index contributed by atoms with van der Waals surface area (Å²) in [5, 5.41) is 5.38. The zero-order chi connectivity index (χ0) is 20.4. The topological polar surface area (TPSA) is 103 Å². The van der Waals surface area contributed by atoms with Crippen LogP contribution in [0.25, 0.3) is 0 Å². The van der Waals surface area contributed by atoms with Gasteiger partial charge in [0.2, 0.25) is 5.91 Å². The molecule has 4 N–H and O–H groups in total. The molecule has 0 aromatic heterocycles. The van der Waals surface area contributed by atoms with Crippen molar-refractivity contribution in [1.29, 1.82) is 0 Å². The molecule has 0 aliphatic rings. The summed E-state index contributed by atoms with van der Waals surface area (Å²) >= 11 is 3.38. The molecule has 150 valence electrons. The first-order valence-electron chi connectivity index (χ1n) is 8.91. The maximum atomic E-state index is 12.2. The van der Waals surface area contributed by atoms with Crippen molar-refractivity contribution >= 4 is 27.9 Å². The van der Waals surface area contributed by atoms with Crippen LogP contribution in [0, 0.1) is 0 Å². The highest BCUT2D eigenvalue weighted by Gasteiger charge is 2.17. The SMILES string of the molecule is CCOc1ccc(OCCNC(=O)CC(NC(N)=O)c2cccc(Br)c2)cc1. The van der Waals surface area contributed by atoms with E-state index >= 15 is 0 Å². The van der Waals surface area contributed by atoms with E-state index in [4.69, 9.17) is 15.2 Å². The Hall–Kier alpha value is -2.74. The maximum absolute atomic E-state index is 12.2. The minimum Gasteiger partial charge on any atom is -0.494 e. The van der Waals surface area contributed by atoms with Crippen molar-refractivity contribution in [2.45, 2.75) is 19.4 Å². The number of nitrogens with two attached hydrogens (primary N) is 1. The van der Waals surface area contributed by atoms with Crippen LogP contribution in [-0.2, 0) is 4.79 Å². The Bertz CT molecular complexity index is 783. The highest BCUT2D eigenvalue weighted by Crippen LogP contribution is 2.21. The molecular weight excluding hydrogens is 426 g/mol. The lowest BCUT2D eigenvalue weighted by molar-refractivity contribution is -0.121. The first kappa shape index (κ1) is 21.6. The molecule has 0 aliphatic carbocycles. The molecule has 2 aromatic carbocycles. The van der Waals surface area contributed by atoms with Crippen LogP contribution in [0.3, 0.4) is 0 Å². The molecule has 28 heavy (non-hydrogen) atoms. The van der Waals surface area contributed by atoms with Crippen molar-refractivity contribution < 1.29 is 19.1 Å². The van der Waals surface area contributed by atoms with Crippen molar-refractivity contribution in [3.05, 3.63) is 58.6 Å². The zero-order valence-corrected chi connectivity index (χ0v) is 17.2. The number of ether oxygens (including phenoxy) is 2. The quantitative estimate of drug-likeness (QED) is 0.484. The smallest absolute Gasteiger partial charge is 0.312 e. The van der Waals surface area contributed by atoms with E-state index in [0.717, 1.165) is 15.8 Å². The molecule has 7 nitrogen and oxygen atoms in total. The maximum Gasteiger partial charge on any atom is 0.312 e. The summed E-state index contributed by atoms with van der Waals surface area (Å²) in [4.78, 5) is 23.5. The summed E-state index contributed by atoms with van der Waals surface area (Å²) in [5.41, 5.74) is 6.02. The Kier molecular flexibility index (Phi) is 8.61. The van der Waals surface area contributed by atoms with Crippen LogP contribution in [-0.4, -0.2) is 31.7 Å². The molecule has 1 atom stereocenters. The first-order chi connectivity index (χ1) is 13.5. The molecule has 2 aromatic rings. The van der Waals surface area contributed by atoms with Crippen LogP contribution in [0.15, 0.2) is 53.0 Å². The van der Waals surface area contributed by atoms with E-state index in [2.05, 4.69) is 26.6 Å². The molecule has 0 spiro atoms. The molecule has 0 radical (unpaired) electrons. The Morgan fingerprint density at radius 3 is 2.39 bits per heavy atom. The third-order valence-corrected chi connectivity index (χ3v) is 4.28. The lowest BCUT2D eigenvalue weighted by atomic mass is 10.0. The molecule has 0 saturated heterocycles. The van der Waals surface area contributed by atoms with Crippen molar-refractivity contribution in [1.82, 2.24) is 10.6 Å². The largest absolute Gasteiger partial charge is 0.494 e. The third kappa shape index (κ3) is 7.48. The van der Waals surface area contributed by atoms with Gasteiger partial charge in [0.15, 0.2) is 0 Å². The molecule has 0 saturated carbocycles. The third-order valence-electron chi connectivity index (χ3n) is 3.78. The summed E-state index contributed by atoms with van der Waals surface area (Å²) < 4.78 is 11.8. The fraction of sp³-hybridized carbons (Fsp3) is 0.300. The average molecular weight is 450 g/mol. The van der Waals surface area contributed by atoms with Crippen molar-refractivity contribution in [2.75, 3.05) is 19.8 Å². The minimum absolute atomic E-state index is 0.0719. The highest BCUT2D eigenvalue weighted by molar-refractivity contribution is 9.10. The van der Waals surface area contributed by atoms with Gasteiger partial charge in [-0.25, -0.2) is 4.79 Å². The number of hydrogen-bond donors (Lipinski definition) is 3. The first-order valence-corrected chi connectivity index (χ1v) is 9.71. The number of primary amides is 1. The summed E-state index contributed by atoms with van der Waals surface area (Å²) in [6.45, 7) is 3.20. The van der Waals surface area contributed by atoms with Gasteiger partial charge in [-0.3, -0.25) is 4.79 Å². The van der Waals surface area contributed by atoms with Crippen LogP contribution in [0.5, 0.6) is 11.5 Å². The molecule has 0 bridgehead atoms. The van der Waals surface area contributed by atoms with Gasteiger partial charge < -0.3 is 25.8 Å². The number of amides is 3. The van der Waals surface area contributed by atoms with E-state index in [-0.39, 0.29) is 12.3 Å². The van der Waals surface area contributed by atoms with Crippen LogP contribution in [0.2, 0.25) is 0 Å². The van der Waals surface area contributed by atoms with Gasteiger partial charge in [-0.1, -0.05) is 28.1 Å². The van der Waals surface area contributed by atoms with Gasteiger partial charge in [-0.15, -0.1) is 0 Å². The molecular formula is C20H24BrN3O4. The zero-order valence-electron chi connectivity index (χ0n) is 15.6. The predicted octanol–water partition coefficient (Wildman–Crippen LogP) is 3.14. The Labute approximate surface area is 172 Å². The summed E-state index contributed by atoms with van der Waals surface area (Å²) in [6.07, 6.45) is 0.0719. The van der Waals surface area contributed by atoms with Gasteiger partial charge in [0.05, 0.1) is 25.6 Å². The molecule has 0 heterocycles. The van der Waals surface area contributed by atoms with Crippen molar-refractivity contribution in [2.24, 2.45) is 5.73 Å². The van der Waals surface area contributed by atoms with E-state index in [1.54, 1.807) is 0 Å². The molecule has 2 rings (SSSR count). The summed E-state index contributed by atoms with van der Waals surface area (Å²) in [7, 11) is 0. The lowest BCUT2D eigenvalue weighted by Crippen LogP contribution is -2.37. The van der Waals surface area contributed by atoms with Crippen LogP contribution >= 0.6 is 15.9 Å². The molecule has 3 amide bonds. The van der Waals surface area contributed by atoms with Gasteiger partial charge in [0.1, 0.15) is 18.1 Å². The van der Waals surface area contributed by atoms with E-state index < -0.39 is 12.1 Å². The number of carbonyl (C=O) groups is 2. The number of halogens is 1. The summed E-state index contributed by atoms with van der Waals surface area (Å²) in [6, 6.07) is 13.4. The molecule has 0 aliphatic heterocycles. The van der Waals surface area contributed by atoms with Gasteiger partial charge in [-0.05, 0) is 48.9 Å². The van der Waals surface area contributed by atoms with E-state index in [0.29, 0.717) is 25.5 Å². The monoisotopic (exact) mass is 449 g/mol. The summed E-state index contributed by atoms with van der Waals surface area (Å²) in [5.74, 6) is 1.26. The second-order valence-corrected chi connectivity index (χ2v) is 6.84. The minimum atomic E-state index is -0.684. The van der Waals surface area contributed by atoms with Gasteiger partial charge in [0, 0.05) is 4.47 Å². The fourth-order valence-electron chi connectivity index (χ4n) is 2.56. The highest BCUT2D eigenvalue weighted by atomic mass is 79.9. The molecule has 0 fully saturated rings. The van der Waals surface area contributed by atoms with Crippen LogP contribution in [0.4, 0.5) is 4.79 Å². The van der Waals surface area contributed by atoms with Crippen molar-refractivity contribution in [3.8, 4) is 11.5 Å². The normalized spacial score (nSPS) is 11.4. The number of nitrogens with one attached hydrogen (secondary N) is 2. The van der Waals surface area contributed by atoms with Crippen LogP contribution in [0.1, 0.15) is 24.9 Å². The van der Waals surface area contributed by atoms with E-state index in [1.165, 1.54) is 0 Å². The predicted molar refractivity (Wildman–Crippen MR) is 110 cm³/mol.